The summed E-state index contributed by atoms with van der Waals surface area (Å²) in [7, 11) is 0. The fraction of sp³-hybridized carbons (Fsp3) is 0.500. The summed E-state index contributed by atoms with van der Waals surface area (Å²) in [6.07, 6.45) is 1.94. The van der Waals surface area contributed by atoms with Crippen molar-refractivity contribution in [3.05, 3.63) is 28.8 Å². The van der Waals surface area contributed by atoms with Crippen molar-refractivity contribution in [1.82, 2.24) is 5.32 Å². The van der Waals surface area contributed by atoms with Crippen molar-refractivity contribution in [3.8, 4) is 0 Å². The lowest BCUT2D eigenvalue weighted by Gasteiger charge is -2.27. The van der Waals surface area contributed by atoms with Gasteiger partial charge in [-0.3, -0.25) is 4.79 Å². The highest BCUT2D eigenvalue weighted by Crippen LogP contribution is 2.23. The molecule has 1 aromatic rings. The van der Waals surface area contributed by atoms with Gasteiger partial charge in [0.05, 0.1) is 16.2 Å². The number of rotatable bonds is 5. The summed E-state index contributed by atoms with van der Waals surface area (Å²) in [6.45, 7) is 5.72. The number of carbonyl (C=O) groups is 1. The molecule has 1 atom stereocenters. The van der Waals surface area contributed by atoms with Gasteiger partial charge < -0.3 is 10.4 Å². The van der Waals surface area contributed by atoms with E-state index in [1.807, 2.05) is 26.2 Å². The highest BCUT2D eigenvalue weighted by molar-refractivity contribution is 7.98. The first-order valence-electron chi connectivity index (χ1n) is 6.12. The molecule has 106 valence electrons. The molecular formula is C14H20ClNO2S. The van der Waals surface area contributed by atoms with Crippen LogP contribution in [-0.4, -0.2) is 29.4 Å². The summed E-state index contributed by atoms with van der Waals surface area (Å²) < 4.78 is 0. The predicted octanol–water partition coefficient (Wildman–Crippen LogP) is 3.20. The first kappa shape index (κ1) is 16.3. The normalized spacial score (nSPS) is 14.3. The molecule has 0 saturated carbocycles. The molecule has 0 saturated heterocycles. The van der Waals surface area contributed by atoms with Crippen molar-refractivity contribution in [2.45, 2.75) is 31.3 Å². The summed E-state index contributed by atoms with van der Waals surface area (Å²) in [5.74, 6) is -0.206. The molecule has 0 aliphatic rings. The van der Waals surface area contributed by atoms with Crippen molar-refractivity contribution in [3.63, 3.8) is 0 Å². The van der Waals surface area contributed by atoms with Crippen LogP contribution in [0.25, 0.3) is 0 Å². The second-order valence-electron chi connectivity index (χ2n) is 5.04. The van der Waals surface area contributed by atoms with Crippen LogP contribution in [0, 0.1) is 5.92 Å². The summed E-state index contributed by atoms with van der Waals surface area (Å²) in [4.78, 5) is 13.1. The Bertz CT molecular complexity index is 461. The maximum absolute atomic E-state index is 12.1. The van der Waals surface area contributed by atoms with Crippen LogP contribution in [0.4, 0.5) is 0 Å². The minimum Gasteiger partial charge on any atom is -0.388 e. The van der Waals surface area contributed by atoms with Crippen molar-refractivity contribution >= 4 is 29.3 Å². The van der Waals surface area contributed by atoms with Crippen LogP contribution < -0.4 is 5.32 Å². The lowest BCUT2D eigenvalue weighted by atomic mass is 9.92. The second-order valence-corrected chi connectivity index (χ2v) is 6.33. The highest BCUT2D eigenvalue weighted by atomic mass is 35.5. The largest absolute Gasteiger partial charge is 0.388 e. The Hall–Kier alpha value is -0.710. The summed E-state index contributed by atoms with van der Waals surface area (Å²) in [5, 5.41) is 13.3. The van der Waals surface area contributed by atoms with E-state index in [9.17, 15) is 9.90 Å². The van der Waals surface area contributed by atoms with Gasteiger partial charge in [0.1, 0.15) is 0 Å². The molecule has 0 heterocycles. The molecular weight excluding hydrogens is 282 g/mol. The van der Waals surface area contributed by atoms with Gasteiger partial charge >= 0.3 is 0 Å². The van der Waals surface area contributed by atoms with Crippen LogP contribution in [0.15, 0.2) is 23.1 Å². The lowest BCUT2D eigenvalue weighted by molar-refractivity contribution is 0.0142. The minimum atomic E-state index is -0.931. The summed E-state index contributed by atoms with van der Waals surface area (Å²) in [5.41, 5.74) is -0.493. The number of amides is 1. The molecule has 3 nitrogen and oxygen atoms in total. The van der Waals surface area contributed by atoms with E-state index in [1.165, 1.54) is 0 Å². The monoisotopic (exact) mass is 301 g/mol. The molecule has 0 spiro atoms. The molecule has 0 aliphatic carbocycles. The topological polar surface area (TPSA) is 49.3 Å². The quantitative estimate of drug-likeness (QED) is 0.821. The number of hydrogen-bond donors (Lipinski definition) is 2. The van der Waals surface area contributed by atoms with Crippen LogP contribution in [0.5, 0.6) is 0 Å². The molecule has 19 heavy (non-hydrogen) atoms. The Kier molecular flexibility index (Phi) is 5.71. The fourth-order valence-corrected chi connectivity index (χ4v) is 2.01. The molecule has 1 aromatic carbocycles. The van der Waals surface area contributed by atoms with Crippen LogP contribution >= 0.6 is 23.4 Å². The van der Waals surface area contributed by atoms with E-state index in [0.717, 1.165) is 4.90 Å². The summed E-state index contributed by atoms with van der Waals surface area (Å²) >= 11 is 7.58. The van der Waals surface area contributed by atoms with E-state index in [1.54, 1.807) is 30.8 Å². The first-order chi connectivity index (χ1) is 8.77. The number of hydrogen-bond acceptors (Lipinski definition) is 3. The Balaban J connectivity index is 2.79. The second kappa shape index (κ2) is 6.64. The Morgan fingerprint density at radius 2 is 2.16 bits per heavy atom. The summed E-state index contributed by atoms with van der Waals surface area (Å²) in [6, 6.07) is 5.34. The average Bonchev–Trinajstić information content (AvgIpc) is 2.36. The third kappa shape index (κ3) is 4.41. The zero-order chi connectivity index (χ0) is 14.6. The number of carbonyl (C=O) groups excluding carboxylic acids is 1. The van der Waals surface area contributed by atoms with Gasteiger partial charge in [-0.1, -0.05) is 25.4 Å². The van der Waals surface area contributed by atoms with Crippen molar-refractivity contribution in [1.29, 1.82) is 0 Å². The van der Waals surface area contributed by atoms with Crippen LogP contribution in [0.1, 0.15) is 31.1 Å². The van der Waals surface area contributed by atoms with Gasteiger partial charge in [-0.05, 0) is 37.3 Å². The van der Waals surface area contributed by atoms with Gasteiger partial charge in [-0.25, -0.2) is 0 Å². The predicted molar refractivity (Wildman–Crippen MR) is 81.0 cm³/mol. The van der Waals surface area contributed by atoms with E-state index in [2.05, 4.69) is 5.32 Å². The molecule has 1 amide bonds. The lowest BCUT2D eigenvalue weighted by Crippen LogP contribution is -2.44. The molecule has 0 radical (unpaired) electrons. The number of benzene rings is 1. The minimum absolute atomic E-state index is 0.0563. The number of halogens is 1. The molecule has 1 rings (SSSR count). The first-order valence-corrected chi connectivity index (χ1v) is 7.72. The Labute approximate surface area is 123 Å². The molecule has 0 aliphatic heterocycles. The number of nitrogens with one attached hydrogen (secondary N) is 1. The number of thioether (sulfide) groups is 1. The van der Waals surface area contributed by atoms with E-state index in [0.29, 0.717) is 10.6 Å². The average molecular weight is 302 g/mol. The maximum Gasteiger partial charge on any atom is 0.252 e. The third-order valence-corrected chi connectivity index (χ3v) is 4.32. The van der Waals surface area contributed by atoms with E-state index >= 15 is 0 Å². The van der Waals surface area contributed by atoms with Crippen LogP contribution in [-0.2, 0) is 0 Å². The Morgan fingerprint density at radius 3 is 2.68 bits per heavy atom. The van der Waals surface area contributed by atoms with Crippen molar-refractivity contribution < 1.29 is 9.90 Å². The SMILES string of the molecule is CSc1ccc(Cl)c(C(=O)NCC(C)(O)C(C)C)c1. The molecule has 0 bridgehead atoms. The smallest absolute Gasteiger partial charge is 0.252 e. The molecule has 0 fully saturated rings. The van der Waals surface area contributed by atoms with E-state index in [4.69, 9.17) is 11.6 Å². The fourth-order valence-electron chi connectivity index (χ4n) is 1.36. The maximum atomic E-state index is 12.1. The van der Waals surface area contributed by atoms with Gasteiger partial charge in [0.15, 0.2) is 0 Å². The van der Waals surface area contributed by atoms with Crippen molar-refractivity contribution in [2.24, 2.45) is 5.92 Å². The van der Waals surface area contributed by atoms with Gasteiger partial charge in [0.2, 0.25) is 0 Å². The van der Waals surface area contributed by atoms with Crippen LogP contribution in [0.2, 0.25) is 5.02 Å². The molecule has 0 aromatic heterocycles. The standard InChI is InChI=1S/C14H20ClNO2S/c1-9(2)14(3,18)8-16-13(17)11-7-10(19-4)5-6-12(11)15/h5-7,9,18H,8H2,1-4H3,(H,16,17). The highest BCUT2D eigenvalue weighted by Gasteiger charge is 2.25. The van der Waals surface area contributed by atoms with Gasteiger partial charge in [0.25, 0.3) is 5.91 Å². The van der Waals surface area contributed by atoms with E-state index in [-0.39, 0.29) is 18.4 Å². The Morgan fingerprint density at radius 1 is 1.53 bits per heavy atom. The number of aliphatic hydroxyl groups is 1. The van der Waals surface area contributed by atoms with Gasteiger partial charge in [-0.2, -0.15) is 0 Å². The molecule has 1 unspecified atom stereocenters. The van der Waals surface area contributed by atoms with Crippen molar-refractivity contribution in [2.75, 3.05) is 12.8 Å². The van der Waals surface area contributed by atoms with E-state index < -0.39 is 5.60 Å². The zero-order valence-corrected chi connectivity index (χ0v) is 13.2. The molecule has 5 heteroatoms. The van der Waals surface area contributed by atoms with Crippen LogP contribution in [0.3, 0.4) is 0 Å². The van der Waals surface area contributed by atoms with Gasteiger partial charge in [0, 0.05) is 11.4 Å². The third-order valence-electron chi connectivity index (χ3n) is 3.27. The van der Waals surface area contributed by atoms with Gasteiger partial charge in [-0.15, -0.1) is 11.8 Å². The zero-order valence-electron chi connectivity index (χ0n) is 11.7. The molecule has 2 N–H and O–H groups in total.